The molecule has 114 valence electrons. The van der Waals surface area contributed by atoms with E-state index in [1.165, 1.54) is 13.1 Å². The Bertz CT molecular complexity index is 574. The highest BCUT2D eigenvalue weighted by atomic mass is 32.2. The van der Waals surface area contributed by atoms with Gasteiger partial charge in [-0.15, -0.1) is 0 Å². The van der Waals surface area contributed by atoms with Crippen LogP contribution in [0.25, 0.3) is 0 Å². The van der Waals surface area contributed by atoms with Gasteiger partial charge >= 0.3 is 0 Å². The lowest BCUT2D eigenvalue weighted by molar-refractivity contribution is 0.403. The Hall–Kier alpha value is -1.05. The quantitative estimate of drug-likeness (QED) is 0.875. The van der Waals surface area contributed by atoms with Gasteiger partial charge in [-0.3, -0.25) is 0 Å². The number of nitrogens with one attached hydrogen (secondary N) is 1. The maximum Gasteiger partial charge on any atom is 0.246 e. The zero-order valence-corrected chi connectivity index (χ0v) is 12.9. The number of hydrogen-bond acceptors (Lipinski definition) is 3. The topological polar surface area (TPSA) is 49.4 Å². The number of nitrogens with zero attached hydrogens (tertiary/aromatic N) is 1. The van der Waals surface area contributed by atoms with Gasteiger partial charge in [-0.2, -0.15) is 4.31 Å². The second-order valence-corrected chi connectivity index (χ2v) is 6.75. The average Bonchev–Trinajstić information content (AvgIpc) is 2.38. The molecule has 0 saturated heterocycles. The van der Waals surface area contributed by atoms with Crippen LogP contribution in [0.2, 0.25) is 0 Å². The van der Waals surface area contributed by atoms with Crippen molar-refractivity contribution in [2.45, 2.75) is 38.3 Å². The Morgan fingerprint density at radius 2 is 1.90 bits per heavy atom. The first-order valence-corrected chi connectivity index (χ1v) is 7.82. The SMILES string of the molecule is CCNCc1cc(F)c(F)c(S(=O)(=O)N(C)C(C)C)c1. The fourth-order valence-corrected chi connectivity index (χ4v) is 3.10. The second kappa shape index (κ2) is 6.60. The number of halogens is 2. The minimum Gasteiger partial charge on any atom is -0.313 e. The summed E-state index contributed by atoms with van der Waals surface area (Å²) in [6.45, 7) is 6.11. The van der Waals surface area contributed by atoms with Crippen molar-refractivity contribution < 1.29 is 17.2 Å². The van der Waals surface area contributed by atoms with Crippen molar-refractivity contribution in [3.8, 4) is 0 Å². The Morgan fingerprint density at radius 3 is 2.40 bits per heavy atom. The van der Waals surface area contributed by atoms with E-state index >= 15 is 0 Å². The van der Waals surface area contributed by atoms with Crippen LogP contribution < -0.4 is 5.32 Å². The molecule has 0 unspecified atom stereocenters. The summed E-state index contributed by atoms with van der Waals surface area (Å²) in [6.07, 6.45) is 0. The molecule has 1 aromatic carbocycles. The van der Waals surface area contributed by atoms with E-state index < -0.39 is 26.6 Å². The summed E-state index contributed by atoms with van der Waals surface area (Å²) in [5.74, 6) is -2.49. The molecule has 1 aromatic rings. The van der Waals surface area contributed by atoms with E-state index in [2.05, 4.69) is 5.32 Å². The third-order valence-electron chi connectivity index (χ3n) is 3.02. The third-order valence-corrected chi connectivity index (χ3v) is 5.05. The highest BCUT2D eigenvalue weighted by Gasteiger charge is 2.28. The normalized spacial score (nSPS) is 12.4. The van der Waals surface area contributed by atoms with E-state index in [1.54, 1.807) is 13.8 Å². The minimum atomic E-state index is -4.05. The zero-order chi connectivity index (χ0) is 15.5. The van der Waals surface area contributed by atoms with Gasteiger partial charge in [0.25, 0.3) is 0 Å². The van der Waals surface area contributed by atoms with Crippen LogP contribution >= 0.6 is 0 Å². The van der Waals surface area contributed by atoms with Gasteiger partial charge in [-0.1, -0.05) is 6.92 Å². The van der Waals surface area contributed by atoms with E-state index in [-0.39, 0.29) is 12.6 Å². The fourth-order valence-electron chi connectivity index (χ4n) is 1.61. The molecule has 0 aliphatic rings. The second-order valence-electron chi connectivity index (χ2n) is 4.79. The monoisotopic (exact) mass is 306 g/mol. The molecular weight excluding hydrogens is 286 g/mol. The maximum atomic E-state index is 13.8. The first kappa shape index (κ1) is 17.0. The van der Waals surface area contributed by atoms with E-state index in [1.807, 2.05) is 6.92 Å². The highest BCUT2D eigenvalue weighted by Crippen LogP contribution is 2.23. The van der Waals surface area contributed by atoms with Crippen LogP contribution in [-0.2, 0) is 16.6 Å². The summed E-state index contributed by atoms with van der Waals surface area (Å²) in [5, 5.41) is 2.94. The molecule has 0 aliphatic heterocycles. The van der Waals surface area contributed by atoms with Crippen LogP contribution in [0.1, 0.15) is 26.3 Å². The summed E-state index contributed by atoms with van der Waals surface area (Å²) >= 11 is 0. The maximum absolute atomic E-state index is 13.8. The van der Waals surface area contributed by atoms with Gasteiger partial charge in [-0.25, -0.2) is 17.2 Å². The van der Waals surface area contributed by atoms with E-state index in [0.717, 1.165) is 10.4 Å². The van der Waals surface area contributed by atoms with Crippen molar-refractivity contribution in [3.05, 3.63) is 29.3 Å². The predicted molar refractivity (Wildman–Crippen MR) is 73.8 cm³/mol. The van der Waals surface area contributed by atoms with Crippen LogP contribution in [0.15, 0.2) is 17.0 Å². The summed E-state index contributed by atoms with van der Waals surface area (Å²) in [6, 6.07) is 1.83. The predicted octanol–water partition coefficient (Wildman–Crippen LogP) is 2.10. The molecule has 0 radical (unpaired) electrons. The summed E-state index contributed by atoms with van der Waals surface area (Å²) < 4.78 is 53.0. The lowest BCUT2D eigenvalue weighted by atomic mass is 10.2. The molecule has 0 aromatic heterocycles. The molecule has 0 spiro atoms. The first-order valence-electron chi connectivity index (χ1n) is 6.38. The highest BCUT2D eigenvalue weighted by molar-refractivity contribution is 7.89. The fraction of sp³-hybridized carbons (Fsp3) is 0.538. The van der Waals surface area contributed by atoms with Crippen LogP contribution in [0.4, 0.5) is 8.78 Å². The molecule has 0 heterocycles. The molecule has 0 bridgehead atoms. The molecule has 0 aliphatic carbocycles. The minimum absolute atomic E-state index is 0.279. The first-order chi connectivity index (χ1) is 9.21. The standard InChI is InChI=1S/C13H20F2N2O2S/c1-5-16-8-10-6-11(14)13(15)12(7-10)20(18,19)17(4)9(2)3/h6-7,9,16H,5,8H2,1-4H3. The molecule has 1 N–H and O–H groups in total. The number of hydrogen-bond donors (Lipinski definition) is 1. The van der Waals surface area contributed by atoms with Crippen LogP contribution in [-0.4, -0.2) is 32.4 Å². The lowest BCUT2D eigenvalue weighted by Gasteiger charge is -2.21. The van der Waals surface area contributed by atoms with Crippen molar-refractivity contribution in [3.63, 3.8) is 0 Å². The molecule has 0 amide bonds. The zero-order valence-electron chi connectivity index (χ0n) is 12.1. The molecule has 20 heavy (non-hydrogen) atoms. The smallest absolute Gasteiger partial charge is 0.246 e. The molecule has 0 fully saturated rings. The molecule has 1 rings (SSSR count). The van der Waals surface area contributed by atoms with Gasteiger partial charge in [0.15, 0.2) is 11.6 Å². The summed E-state index contributed by atoms with van der Waals surface area (Å²) in [4.78, 5) is -0.624. The molecule has 0 atom stereocenters. The van der Waals surface area contributed by atoms with Gasteiger partial charge in [-0.05, 0) is 38.1 Å². The van der Waals surface area contributed by atoms with Gasteiger partial charge in [0, 0.05) is 19.6 Å². The molecular formula is C13H20F2N2O2S. The van der Waals surface area contributed by atoms with Crippen molar-refractivity contribution in [1.82, 2.24) is 9.62 Å². The van der Waals surface area contributed by atoms with Gasteiger partial charge in [0.2, 0.25) is 10.0 Å². The van der Waals surface area contributed by atoms with Gasteiger partial charge in [0.1, 0.15) is 4.90 Å². The Morgan fingerprint density at radius 1 is 1.30 bits per heavy atom. The lowest BCUT2D eigenvalue weighted by Crippen LogP contribution is -2.33. The van der Waals surface area contributed by atoms with Crippen LogP contribution in [0.5, 0.6) is 0 Å². The van der Waals surface area contributed by atoms with E-state index in [0.29, 0.717) is 12.1 Å². The van der Waals surface area contributed by atoms with Crippen molar-refractivity contribution in [2.75, 3.05) is 13.6 Å². The van der Waals surface area contributed by atoms with E-state index in [4.69, 9.17) is 0 Å². The molecule has 0 saturated carbocycles. The Labute approximate surface area is 118 Å². The van der Waals surface area contributed by atoms with Crippen molar-refractivity contribution in [1.29, 1.82) is 0 Å². The molecule has 4 nitrogen and oxygen atoms in total. The number of benzene rings is 1. The van der Waals surface area contributed by atoms with E-state index in [9.17, 15) is 17.2 Å². The summed E-state index contributed by atoms with van der Waals surface area (Å²) in [7, 11) is -2.71. The largest absolute Gasteiger partial charge is 0.313 e. The average molecular weight is 306 g/mol. The van der Waals surface area contributed by atoms with Crippen molar-refractivity contribution >= 4 is 10.0 Å². The Balaban J connectivity index is 3.33. The van der Waals surface area contributed by atoms with Gasteiger partial charge in [0.05, 0.1) is 0 Å². The Kier molecular flexibility index (Phi) is 5.61. The molecule has 7 heteroatoms. The number of sulfonamides is 1. The van der Waals surface area contributed by atoms with Gasteiger partial charge < -0.3 is 5.32 Å². The summed E-state index contributed by atoms with van der Waals surface area (Å²) in [5.41, 5.74) is 0.390. The van der Waals surface area contributed by atoms with Crippen molar-refractivity contribution in [2.24, 2.45) is 0 Å². The third kappa shape index (κ3) is 3.53. The number of rotatable bonds is 6. The van der Waals surface area contributed by atoms with Crippen LogP contribution in [0.3, 0.4) is 0 Å². The van der Waals surface area contributed by atoms with Crippen LogP contribution in [0, 0.1) is 11.6 Å².